The summed E-state index contributed by atoms with van der Waals surface area (Å²) < 4.78 is 236. The number of quaternary nitrogens is 1. The van der Waals surface area contributed by atoms with E-state index in [2.05, 4.69) is 0 Å². The Morgan fingerprint density at radius 3 is 1.25 bits per heavy atom. The molecule has 0 heterocycles. The maximum atomic E-state index is 13.8. The Kier molecular flexibility index (Phi) is 8.71. The summed E-state index contributed by atoms with van der Waals surface area (Å²) in [6.07, 6.45) is -14.6. The van der Waals surface area contributed by atoms with E-state index in [0.717, 1.165) is 14.1 Å². The van der Waals surface area contributed by atoms with Crippen molar-refractivity contribution in [2.24, 2.45) is 0 Å². The largest absolute Gasteiger partial charge is 0.477 e. The van der Waals surface area contributed by atoms with Crippen molar-refractivity contribution < 1.29 is 93.4 Å². The molecule has 3 nitrogen and oxygen atoms in total. The van der Waals surface area contributed by atoms with E-state index in [9.17, 15) is 83.8 Å². The molecule has 0 aromatic heterocycles. The number of rotatable bonds is 12. The van der Waals surface area contributed by atoms with Crippen LogP contribution in [0.2, 0.25) is 0 Å². The van der Waals surface area contributed by atoms with Gasteiger partial charge in [0.25, 0.3) is 0 Å². The van der Waals surface area contributed by atoms with E-state index < -0.39 is 83.8 Å². The maximum Gasteiger partial charge on any atom is 0.460 e. The number of carbonyl (C=O) groups is 1. The standard InChI is InChI=1S/C15H13F18NO2/c1-34(2,5-7(35)36)4-3-6(16)8(17,18)9(19,20)10(21,22)11(23,24)12(25,26)13(27,28)14(29,30)15(31,32)33/h6H,3-5H2,1-2H3/p+1. The second-order valence-corrected chi connectivity index (χ2v) is 8.03. The third-order valence-electron chi connectivity index (χ3n) is 4.69. The van der Waals surface area contributed by atoms with E-state index in [1.165, 1.54) is 0 Å². The first-order valence-electron chi connectivity index (χ1n) is 8.69. The van der Waals surface area contributed by atoms with Crippen molar-refractivity contribution in [3.05, 3.63) is 0 Å². The predicted molar refractivity (Wildman–Crippen MR) is 79.7 cm³/mol. The van der Waals surface area contributed by atoms with Crippen LogP contribution in [0.3, 0.4) is 0 Å². The summed E-state index contributed by atoms with van der Waals surface area (Å²) in [5.41, 5.74) is 0. The number of likely N-dealkylation sites (N-methyl/N-ethyl adjacent to an activating group) is 1. The molecule has 0 aromatic rings. The number of aliphatic carboxylic acids is 1. The fraction of sp³-hybridized carbons (Fsp3) is 0.933. The fourth-order valence-electron chi connectivity index (χ4n) is 2.46. The Balaban J connectivity index is 6.48. The lowest BCUT2D eigenvalue weighted by Crippen LogP contribution is -2.75. The van der Waals surface area contributed by atoms with Crippen LogP contribution in [0.15, 0.2) is 0 Å². The first kappa shape index (κ1) is 34.2. The molecule has 0 spiro atoms. The van der Waals surface area contributed by atoms with E-state index in [-0.39, 0.29) is 0 Å². The molecule has 0 aromatic carbocycles. The highest BCUT2D eigenvalue weighted by molar-refractivity contribution is 5.67. The van der Waals surface area contributed by atoms with Crippen molar-refractivity contribution in [2.45, 2.75) is 60.2 Å². The molecule has 0 fully saturated rings. The van der Waals surface area contributed by atoms with Crippen LogP contribution < -0.4 is 0 Å². The van der Waals surface area contributed by atoms with Gasteiger partial charge in [0.2, 0.25) is 0 Å². The highest BCUT2D eigenvalue weighted by Crippen LogP contribution is 2.64. The molecule has 0 saturated carbocycles. The van der Waals surface area contributed by atoms with E-state index in [0.29, 0.717) is 0 Å². The van der Waals surface area contributed by atoms with Gasteiger partial charge in [0, 0.05) is 6.42 Å². The van der Waals surface area contributed by atoms with Crippen LogP contribution in [0, 0.1) is 0 Å². The molecule has 0 radical (unpaired) electrons. The highest BCUT2D eigenvalue weighted by atomic mass is 19.4. The molecule has 0 aliphatic rings. The van der Waals surface area contributed by atoms with Crippen LogP contribution in [0.1, 0.15) is 6.42 Å². The van der Waals surface area contributed by atoms with Crippen LogP contribution in [0.4, 0.5) is 79.0 Å². The summed E-state index contributed by atoms with van der Waals surface area (Å²) in [5.74, 6) is -60.0. The molecule has 216 valence electrons. The minimum absolute atomic E-state index is 0.823. The second kappa shape index (κ2) is 9.17. The zero-order valence-electron chi connectivity index (χ0n) is 17.3. The molecule has 0 bridgehead atoms. The number of carboxylic acids is 1. The average molecular weight is 582 g/mol. The Morgan fingerprint density at radius 1 is 0.639 bits per heavy atom. The zero-order valence-corrected chi connectivity index (χ0v) is 17.3. The first-order chi connectivity index (χ1) is 15.3. The second-order valence-electron chi connectivity index (χ2n) is 8.03. The minimum atomic E-state index is -8.78. The minimum Gasteiger partial charge on any atom is -0.477 e. The van der Waals surface area contributed by atoms with Gasteiger partial charge >= 0.3 is 53.6 Å². The molecule has 0 rings (SSSR count). The maximum absolute atomic E-state index is 13.8. The number of hydrogen-bond acceptors (Lipinski definition) is 1. The molecule has 1 atom stereocenters. The molecule has 1 N–H and O–H groups in total. The first-order valence-corrected chi connectivity index (χ1v) is 8.69. The van der Waals surface area contributed by atoms with Gasteiger partial charge in [-0.2, -0.15) is 74.6 Å². The summed E-state index contributed by atoms with van der Waals surface area (Å²) in [6, 6.07) is 0. The smallest absolute Gasteiger partial charge is 0.460 e. The Labute approximate surface area is 188 Å². The van der Waals surface area contributed by atoms with Crippen LogP contribution in [-0.4, -0.2) is 96.5 Å². The quantitative estimate of drug-likeness (QED) is 0.231. The lowest BCUT2D eigenvalue weighted by molar-refractivity contribution is -0.883. The third kappa shape index (κ3) is 5.11. The monoisotopic (exact) mass is 582 g/mol. The van der Waals surface area contributed by atoms with Crippen molar-refractivity contribution in [3.63, 3.8) is 0 Å². The fourth-order valence-corrected chi connectivity index (χ4v) is 2.46. The number of halogens is 18. The summed E-state index contributed by atoms with van der Waals surface area (Å²) in [7, 11) is 1.65. The Hall–Kier alpha value is -1.83. The van der Waals surface area contributed by atoms with E-state index in [1.807, 2.05) is 0 Å². The van der Waals surface area contributed by atoms with Crippen molar-refractivity contribution in [1.82, 2.24) is 0 Å². The van der Waals surface area contributed by atoms with Gasteiger partial charge in [0.05, 0.1) is 20.6 Å². The zero-order chi connectivity index (χ0) is 29.8. The normalized spacial score (nSPS) is 16.8. The van der Waals surface area contributed by atoms with Crippen molar-refractivity contribution >= 4 is 5.97 Å². The average Bonchev–Trinajstić information content (AvgIpc) is 2.63. The van der Waals surface area contributed by atoms with E-state index in [1.54, 1.807) is 0 Å². The predicted octanol–water partition coefficient (Wildman–Crippen LogP) is 5.89. The molecule has 0 saturated heterocycles. The lowest BCUT2D eigenvalue weighted by atomic mass is 9.87. The third-order valence-corrected chi connectivity index (χ3v) is 4.69. The van der Waals surface area contributed by atoms with Gasteiger partial charge in [-0.25, -0.2) is 9.18 Å². The van der Waals surface area contributed by atoms with Gasteiger partial charge in [-0.1, -0.05) is 0 Å². The molecule has 36 heavy (non-hydrogen) atoms. The lowest BCUT2D eigenvalue weighted by Gasteiger charge is -2.43. The summed E-state index contributed by atoms with van der Waals surface area (Å²) in [4.78, 5) is 10.5. The van der Waals surface area contributed by atoms with Gasteiger partial charge < -0.3 is 9.59 Å². The number of carboxylic acid groups (broad SMARTS) is 1. The van der Waals surface area contributed by atoms with E-state index in [4.69, 9.17) is 5.11 Å². The Bertz CT molecular complexity index is 803. The number of hydrogen-bond donors (Lipinski definition) is 1. The molecule has 0 aliphatic carbocycles. The number of nitrogens with zero attached hydrogens (tertiary/aromatic N) is 1. The van der Waals surface area contributed by atoms with Gasteiger partial charge in [-0.05, 0) is 0 Å². The van der Waals surface area contributed by atoms with E-state index >= 15 is 0 Å². The Morgan fingerprint density at radius 2 is 0.944 bits per heavy atom. The van der Waals surface area contributed by atoms with Crippen LogP contribution in [0.5, 0.6) is 0 Å². The van der Waals surface area contributed by atoms with Crippen LogP contribution in [0.25, 0.3) is 0 Å². The van der Waals surface area contributed by atoms with Crippen molar-refractivity contribution in [1.29, 1.82) is 0 Å². The van der Waals surface area contributed by atoms with Gasteiger partial charge in [-0.15, -0.1) is 0 Å². The van der Waals surface area contributed by atoms with Crippen LogP contribution in [-0.2, 0) is 4.79 Å². The van der Waals surface area contributed by atoms with Gasteiger partial charge in [0.15, 0.2) is 12.7 Å². The van der Waals surface area contributed by atoms with Crippen LogP contribution >= 0.6 is 0 Å². The summed E-state index contributed by atoms with van der Waals surface area (Å²) in [6.45, 7) is -2.29. The topological polar surface area (TPSA) is 37.3 Å². The molecular weight excluding hydrogens is 568 g/mol. The summed E-state index contributed by atoms with van der Waals surface area (Å²) in [5, 5.41) is 8.53. The molecule has 0 amide bonds. The van der Waals surface area contributed by atoms with Crippen molar-refractivity contribution in [2.75, 3.05) is 27.2 Å². The molecule has 0 aliphatic heterocycles. The molecule has 1 unspecified atom stereocenters. The van der Waals surface area contributed by atoms with Gasteiger partial charge in [0.1, 0.15) is 0 Å². The molecule has 21 heteroatoms. The van der Waals surface area contributed by atoms with Crippen molar-refractivity contribution in [3.8, 4) is 0 Å². The SMILES string of the molecule is C[N+](C)(CCC(F)C(F)(F)C(F)(F)C(F)(F)C(F)(F)C(F)(F)C(F)(F)C(F)(F)C(F)(F)F)CC(=O)O. The molecular formula is C15H14F18NO2+. The number of alkyl halides is 18. The highest BCUT2D eigenvalue weighted by Gasteiger charge is 2.95. The summed E-state index contributed by atoms with van der Waals surface area (Å²) >= 11 is 0. The van der Waals surface area contributed by atoms with Gasteiger partial charge in [-0.3, -0.25) is 0 Å².